The summed E-state index contributed by atoms with van der Waals surface area (Å²) in [6.45, 7) is 8.09. The zero-order valence-corrected chi connectivity index (χ0v) is 22.6. The number of anilines is 4. The van der Waals surface area contributed by atoms with Gasteiger partial charge in [0, 0.05) is 44.5 Å². The van der Waals surface area contributed by atoms with Gasteiger partial charge in [-0.25, -0.2) is 4.98 Å². The van der Waals surface area contributed by atoms with Crippen molar-refractivity contribution >= 4 is 52.4 Å². The standard InChI is InChI=1S/C24H32ClN9OS/c1-5-16-18(22(35)26-3)20(30-21(19(16)25)27-14-15-8-7-13-36-15)31-23-28-17(6-2)29-24(32-23)34-11-9-33(4)10-12-34/h7-8,13H,5-6,9-12,14H2,1-4H3,(H,26,35)(H2,27,28,29,30,31,32). The third kappa shape index (κ3) is 5.85. The van der Waals surface area contributed by atoms with Gasteiger partial charge < -0.3 is 25.8 Å². The molecule has 1 saturated heterocycles. The normalized spacial score (nSPS) is 14.1. The first-order valence-corrected chi connectivity index (χ1v) is 13.3. The third-order valence-corrected chi connectivity index (χ3v) is 7.34. The van der Waals surface area contributed by atoms with E-state index in [2.05, 4.69) is 42.8 Å². The van der Waals surface area contributed by atoms with Crippen molar-refractivity contribution < 1.29 is 4.79 Å². The number of aromatic nitrogens is 4. The van der Waals surface area contributed by atoms with Crippen molar-refractivity contribution in [2.45, 2.75) is 33.2 Å². The summed E-state index contributed by atoms with van der Waals surface area (Å²) >= 11 is 8.38. The topological polar surface area (TPSA) is 111 Å². The lowest BCUT2D eigenvalue weighted by atomic mass is 10.1. The average Bonchev–Trinajstić information content (AvgIpc) is 3.42. The third-order valence-electron chi connectivity index (χ3n) is 6.06. The van der Waals surface area contributed by atoms with Gasteiger partial charge in [-0.2, -0.15) is 15.0 Å². The predicted molar refractivity (Wildman–Crippen MR) is 146 cm³/mol. The largest absolute Gasteiger partial charge is 0.364 e. The molecule has 0 saturated carbocycles. The Morgan fingerprint density at radius 1 is 1.08 bits per heavy atom. The fourth-order valence-electron chi connectivity index (χ4n) is 3.98. The molecular weight excluding hydrogens is 498 g/mol. The smallest absolute Gasteiger partial charge is 0.255 e. The zero-order valence-electron chi connectivity index (χ0n) is 21.1. The van der Waals surface area contributed by atoms with E-state index in [-0.39, 0.29) is 5.91 Å². The minimum absolute atomic E-state index is 0.280. The van der Waals surface area contributed by atoms with Gasteiger partial charge in [0.2, 0.25) is 11.9 Å². The molecule has 36 heavy (non-hydrogen) atoms. The molecule has 192 valence electrons. The molecular formula is C24H32ClN9OS. The average molecular weight is 530 g/mol. The van der Waals surface area contributed by atoms with E-state index in [1.54, 1.807) is 18.4 Å². The van der Waals surface area contributed by atoms with Crippen LogP contribution >= 0.6 is 22.9 Å². The number of rotatable bonds is 9. The Hall–Kier alpha value is -3.02. The van der Waals surface area contributed by atoms with Gasteiger partial charge >= 0.3 is 0 Å². The minimum Gasteiger partial charge on any atom is -0.364 e. The van der Waals surface area contributed by atoms with Gasteiger partial charge in [-0.05, 0) is 30.5 Å². The van der Waals surface area contributed by atoms with E-state index in [1.165, 1.54) is 0 Å². The maximum atomic E-state index is 12.9. The summed E-state index contributed by atoms with van der Waals surface area (Å²) in [7, 11) is 3.70. The Kier molecular flexibility index (Phi) is 8.55. The number of pyridine rings is 1. The number of hydrogen-bond donors (Lipinski definition) is 3. The Labute approximate surface area is 220 Å². The summed E-state index contributed by atoms with van der Waals surface area (Å²) in [6, 6.07) is 4.04. The number of carbonyl (C=O) groups is 1. The molecule has 1 aliphatic rings. The van der Waals surface area contributed by atoms with Crippen molar-refractivity contribution in [2.24, 2.45) is 0 Å². The maximum Gasteiger partial charge on any atom is 0.255 e. The molecule has 3 N–H and O–H groups in total. The van der Waals surface area contributed by atoms with Crippen molar-refractivity contribution in [3.05, 3.63) is 44.4 Å². The van der Waals surface area contributed by atoms with Crippen LogP contribution in [0.25, 0.3) is 0 Å². The highest BCUT2D eigenvalue weighted by atomic mass is 35.5. The first-order valence-electron chi connectivity index (χ1n) is 12.1. The number of nitrogens with one attached hydrogen (secondary N) is 3. The van der Waals surface area contributed by atoms with E-state index < -0.39 is 0 Å². The Bertz CT molecular complexity index is 1200. The van der Waals surface area contributed by atoms with Crippen LogP contribution in [0.1, 0.15) is 40.5 Å². The van der Waals surface area contributed by atoms with Crippen molar-refractivity contribution in [3.8, 4) is 0 Å². The predicted octanol–water partition coefficient (Wildman–Crippen LogP) is 3.57. The fourth-order valence-corrected chi connectivity index (χ4v) is 4.96. The molecule has 3 aromatic heterocycles. The molecule has 1 amide bonds. The monoisotopic (exact) mass is 529 g/mol. The number of carbonyl (C=O) groups excluding carboxylic acids is 1. The molecule has 0 aliphatic carbocycles. The first-order chi connectivity index (χ1) is 17.4. The molecule has 1 aliphatic heterocycles. The van der Waals surface area contributed by atoms with Crippen LogP contribution < -0.4 is 20.9 Å². The van der Waals surface area contributed by atoms with Crippen LogP contribution in [-0.4, -0.2) is 71.0 Å². The molecule has 0 unspecified atom stereocenters. The summed E-state index contributed by atoms with van der Waals surface area (Å²) in [6.07, 6.45) is 1.21. The summed E-state index contributed by atoms with van der Waals surface area (Å²) in [5.74, 6) is 2.21. The second-order valence-electron chi connectivity index (χ2n) is 8.49. The van der Waals surface area contributed by atoms with Crippen LogP contribution in [0, 0.1) is 0 Å². The molecule has 4 heterocycles. The van der Waals surface area contributed by atoms with Crippen LogP contribution in [0.4, 0.5) is 23.5 Å². The molecule has 0 radical (unpaired) electrons. The summed E-state index contributed by atoms with van der Waals surface area (Å²) in [5.41, 5.74) is 1.08. The van der Waals surface area contributed by atoms with Gasteiger partial charge in [-0.15, -0.1) is 11.3 Å². The van der Waals surface area contributed by atoms with Crippen LogP contribution in [-0.2, 0) is 19.4 Å². The molecule has 12 heteroatoms. The van der Waals surface area contributed by atoms with Crippen LogP contribution in [0.15, 0.2) is 17.5 Å². The number of piperazine rings is 1. The Morgan fingerprint density at radius 2 is 1.86 bits per heavy atom. The minimum atomic E-state index is -0.280. The van der Waals surface area contributed by atoms with E-state index in [0.29, 0.717) is 64.9 Å². The lowest BCUT2D eigenvalue weighted by Crippen LogP contribution is -2.45. The summed E-state index contributed by atoms with van der Waals surface area (Å²) in [5, 5.41) is 11.7. The molecule has 10 nitrogen and oxygen atoms in total. The van der Waals surface area contributed by atoms with Gasteiger partial charge in [0.1, 0.15) is 17.5 Å². The second-order valence-corrected chi connectivity index (χ2v) is 9.90. The molecule has 4 rings (SSSR count). The zero-order chi connectivity index (χ0) is 25.7. The number of likely N-dealkylation sites (N-methyl/N-ethyl adjacent to an activating group) is 1. The highest BCUT2D eigenvalue weighted by Crippen LogP contribution is 2.34. The molecule has 1 fully saturated rings. The van der Waals surface area contributed by atoms with Gasteiger partial charge in [0.15, 0.2) is 0 Å². The van der Waals surface area contributed by atoms with Crippen LogP contribution in [0.2, 0.25) is 5.02 Å². The van der Waals surface area contributed by atoms with Crippen molar-refractivity contribution in [3.63, 3.8) is 0 Å². The Balaban J connectivity index is 1.72. The van der Waals surface area contributed by atoms with Crippen molar-refractivity contribution in [1.29, 1.82) is 0 Å². The molecule has 0 aromatic carbocycles. The molecule has 0 spiro atoms. The van der Waals surface area contributed by atoms with Gasteiger partial charge in [0.25, 0.3) is 5.91 Å². The van der Waals surface area contributed by atoms with E-state index in [9.17, 15) is 4.79 Å². The van der Waals surface area contributed by atoms with E-state index in [0.717, 1.165) is 31.1 Å². The lowest BCUT2D eigenvalue weighted by Gasteiger charge is -2.32. The van der Waals surface area contributed by atoms with E-state index >= 15 is 0 Å². The quantitative estimate of drug-likeness (QED) is 0.383. The highest BCUT2D eigenvalue weighted by molar-refractivity contribution is 7.09. The molecule has 3 aromatic rings. The van der Waals surface area contributed by atoms with Crippen molar-refractivity contribution in [1.82, 2.24) is 30.2 Å². The molecule has 0 bridgehead atoms. The first kappa shape index (κ1) is 26.1. The molecule has 0 atom stereocenters. The van der Waals surface area contributed by atoms with E-state index in [4.69, 9.17) is 21.6 Å². The fraction of sp³-hybridized carbons (Fsp3) is 0.458. The van der Waals surface area contributed by atoms with Crippen molar-refractivity contribution in [2.75, 3.05) is 55.8 Å². The Morgan fingerprint density at radius 3 is 2.50 bits per heavy atom. The maximum absolute atomic E-state index is 12.9. The second kappa shape index (κ2) is 11.8. The number of nitrogens with zero attached hydrogens (tertiary/aromatic N) is 6. The summed E-state index contributed by atoms with van der Waals surface area (Å²) < 4.78 is 0. The number of hydrogen-bond acceptors (Lipinski definition) is 10. The van der Waals surface area contributed by atoms with Gasteiger partial charge in [-0.1, -0.05) is 31.5 Å². The SMILES string of the molecule is CCc1nc(Nc2nc(NCc3cccs3)c(Cl)c(CC)c2C(=O)NC)nc(N2CCN(C)CC2)n1. The van der Waals surface area contributed by atoms with E-state index in [1.807, 2.05) is 31.4 Å². The number of halogens is 1. The highest BCUT2D eigenvalue weighted by Gasteiger charge is 2.24. The number of aryl methyl sites for hydroxylation is 1. The number of amides is 1. The van der Waals surface area contributed by atoms with Gasteiger partial charge in [-0.3, -0.25) is 4.79 Å². The number of thiophene rings is 1. The lowest BCUT2D eigenvalue weighted by molar-refractivity contribution is 0.0963. The van der Waals surface area contributed by atoms with Crippen LogP contribution in [0.5, 0.6) is 0 Å². The van der Waals surface area contributed by atoms with Crippen LogP contribution in [0.3, 0.4) is 0 Å². The van der Waals surface area contributed by atoms with Gasteiger partial charge in [0.05, 0.1) is 17.1 Å². The summed E-state index contributed by atoms with van der Waals surface area (Å²) in [4.78, 5) is 37.2.